The maximum Gasteiger partial charge on any atom is -0.0103 e. The largest absolute Gasteiger partial charge is 0.0984 e. The lowest BCUT2D eigenvalue weighted by Crippen LogP contribution is -2.00. The minimum atomic E-state index is 0.992. The SMILES string of the molecule is C=Cc1c(C=C)c(/C=C\C)c(/C=C\C)c(C=C)c1/C=C\CC. The Morgan fingerprint density at radius 2 is 1.00 bits per heavy atom. The molecular weight excluding hydrogens is 264 g/mol. The van der Waals surface area contributed by atoms with E-state index in [0.29, 0.717) is 0 Å². The Hall–Kier alpha value is -2.34. The van der Waals surface area contributed by atoms with E-state index >= 15 is 0 Å². The Kier molecular flexibility index (Phi) is 7.12. The minimum absolute atomic E-state index is 0.992. The van der Waals surface area contributed by atoms with Crippen LogP contribution in [0.5, 0.6) is 0 Å². The first-order valence-electron chi connectivity index (χ1n) is 7.73. The third-order valence-electron chi connectivity index (χ3n) is 3.54. The molecule has 1 aromatic carbocycles. The lowest BCUT2D eigenvalue weighted by Gasteiger charge is -2.18. The molecule has 22 heavy (non-hydrogen) atoms. The van der Waals surface area contributed by atoms with Crippen LogP contribution in [0.15, 0.2) is 38.0 Å². The van der Waals surface area contributed by atoms with Gasteiger partial charge >= 0.3 is 0 Å². The van der Waals surface area contributed by atoms with Crippen molar-refractivity contribution in [1.82, 2.24) is 0 Å². The highest BCUT2D eigenvalue weighted by atomic mass is 14.2. The molecule has 0 atom stereocenters. The Bertz CT molecular complexity index is 649. The van der Waals surface area contributed by atoms with Crippen molar-refractivity contribution < 1.29 is 0 Å². The average Bonchev–Trinajstić information content (AvgIpc) is 2.54. The second-order valence-electron chi connectivity index (χ2n) is 4.91. The minimum Gasteiger partial charge on any atom is -0.0984 e. The monoisotopic (exact) mass is 290 g/mol. The first-order chi connectivity index (χ1) is 10.7. The molecule has 0 aliphatic carbocycles. The zero-order valence-corrected chi connectivity index (χ0v) is 14.0. The van der Waals surface area contributed by atoms with Gasteiger partial charge in [-0.25, -0.2) is 0 Å². The summed E-state index contributed by atoms with van der Waals surface area (Å²) in [4.78, 5) is 0. The van der Waals surface area contributed by atoms with Crippen molar-refractivity contribution in [3.05, 3.63) is 71.3 Å². The van der Waals surface area contributed by atoms with Crippen molar-refractivity contribution in [2.45, 2.75) is 27.2 Å². The van der Waals surface area contributed by atoms with E-state index in [1.54, 1.807) is 0 Å². The van der Waals surface area contributed by atoms with Gasteiger partial charge in [-0.2, -0.15) is 0 Å². The highest BCUT2D eigenvalue weighted by molar-refractivity contribution is 5.89. The Morgan fingerprint density at radius 3 is 1.32 bits per heavy atom. The summed E-state index contributed by atoms with van der Waals surface area (Å²) in [6, 6.07) is 0. The van der Waals surface area contributed by atoms with Crippen molar-refractivity contribution >= 4 is 36.5 Å². The number of allylic oxidation sites excluding steroid dienone is 3. The molecular formula is C22H26. The van der Waals surface area contributed by atoms with Gasteiger partial charge in [-0.15, -0.1) is 0 Å². The van der Waals surface area contributed by atoms with Crippen LogP contribution in [-0.4, -0.2) is 0 Å². The van der Waals surface area contributed by atoms with Crippen LogP contribution < -0.4 is 0 Å². The normalized spacial score (nSPS) is 11.6. The lowest BCUT2D eigenvalue weighted by molar-refractivity contribution is 1.23. The molecule has 0 aliphatic heterocycles. The summed E-state index contributed by atoms with van der Waals surface area (Å²) in [5.74, 6) is 0. The van der Waals surface area contributed by atoms with Crippen molar-refractivity contribution in [3.8, 4) is 0 Å². The molecule has 0 radical (unpaired) electrons. The van der Waals surface area contributed by atoms with Gasteiger partial charge in [0.05, 0.1) is 0 Å². The van der Waals surface area contributed by atoms with Crippen LogP contribution in [-0.2, 0) is 0 Å². The summed E-state index contributed by atoms with van der Waals surface area (Å²) in [5.41, 5.74) is 6.85. The van der Waals surface area contributed by atoms with Gasteiger partial charge < -0.3 is 0 Å². The molecule has 114 valence electrons. The fraction of sp³-hybridized carbons (Fsp3) is 0.182. The quantitative estimate of drug-likeness (QED) is 0.502. The molecule has 0 bridgehead atoms. The van der Waals surface area contributed by atoms with Crippen LogP contribution in [0.2, 0.25) is 0 Å². The van der Waals surface area contributed by atoms with Crippen LogP contribution in [0.4, 0.5) is 0 Å². The molecule has 0 spiro atoms. The maximum atomic E-state index is 4.02. The third kappa shape index (κ3) is 3.46. The zero-order chi connectivity index (χ0) is 16.5. The molecule has 0 saturated heterocycles. The summed E-state index contributed by atoms with van der Waals surface area (Å²) >= 11 is 0. The van der Waals surface area contributed by atoms with Crippen LogP contribution in [0, 0.1) is 0 Å². The molecule has 0 nitrogen and oxygen atoms in total. The summed E-state index contributed by atoms with van der Waals surface area (Å²) in [5, 5.41) is 0. The fourth-order valence-electron chi connectivity index (χ4n) is 2.64. The van der Waals surface area contributed by atoms with E-state index in [1.165, 1.54) is 5.56 Å². The van der Waals surface area contributed by atoms with E-state index in [2.05, 4.69) is 63.1 Å². The van der Waals surface area contributed by atoms with Crippen LogP contribution in [0.3, 0.4) is 0 Å². The van der Waals surface area contributed by atoms with Gasteiger partial charge in [0.25, 0.3) is 0 Å². The third-order valence-corrected chi connectivity index (χ3v) is 3.54. The average molecular weight is 290 g/mol. The van der Waals surface area contributed by atoms with Gasteiger partial charge in [-0.1, -0.05) is 81.3 Å². The predicted octanol–water partition coefficient (Wildman–Crippen LogP) is 7.11. The van der Waals surface area contributed by atoms with Gasteiger partial charge in [0.1, 0.15) is 0 Å². The molecule has 1 aromatic rings. The molecule has 0 saturated carbocycles. The Balaban J connectivity index is 4.04. The van der Waals surface area contributed by atoms with Crippen LogP contribution >= 0.6 is 0 Å². The van der Waals surface area contributed by atoms with Gasteiger partial charge in [0.2, 0.25) is 0 Å². The van der Waals surface area contributed by atoms with Gasteiger partial charge in [0.15, 0.2) is 0 Å². The van der Waals surface area contributed by atoms with Crippen molar-refractivity contribution in [1.29, 1.82) is 0 Å². The first-order valence-corrected chi connectivity index (χ1v) is 7.73. The first kappa shape index (κ1) is 17.7. The van der Waals surface area contributed by atoms with Gasteiger partial charge in [-0.3, -0.25) is 0 Å². The predicted molar refractivity (Wildman–Crippen MR) is 105 cm³/mol. The highest BCUT2D eigenvalue weighted by Crippen LogP contribution is 2.34. The summed E-state index contributed by atoms with van der Waals surface area (Å²) in [6.45, 7) is 18.2. The molecule has 0 heteroatoms. The summed E-state index contributed by atoms with van der Waals surface area (Å²) in [6.07, 6.45) is 19.4. The summed E-state index contributed by atoms with van der Waals surface area (Å²) in [7, 11) is 0. The topological polar surface area (TPSA) is 0 Å². The van der Waals surface area contributed by atoms with Crippen molar-refractivity contribution in [2.75, 3.05) is 0 Å². The fourth-order valence-corrected chi connectivity index (χ4v) is 2.64. The van der Waals surface area contributed by atoms with Gasteiger partial charge in [-0.05, 0) is 53.6 Å². The molecule has 0 unspecified atom stereocenters. The van der Waals surface area contributed by atoms with E-state index in [0.717, 1.165) is 34.2 Å². The lowest BCUT2D eigenvalue weighted by atomic mass is 9.85. The smallest absolute Gasteiger partial charge is 0.0103 e. The molecule has 0 aliphatic rings. The van der Waals surface area contributed by atoms with Crippen LogP contribution in [0.25, 0.3) is 36.5 Å². The number of benzene rings is 1. The number of hydrogen-bond donors (Lipinski definition) is 0. The number of rotatable bonds is 7. The molecule has 0 fully saturated rings. The van der Waals surface area contributed by atoms with E-state index < -0.39 is 0 Å². The van der Waals surface area contributed by atoms with Gasteiger partial charge in [0, 0.05) is 0 Å². The van der Waals surface area contributed by atoms with E-state index in [-0.39, 0.29) is 0 Å². The van der Waals surface area contributed by atoms with Crippen molar-refractivity contribution in [3.63, 3.8) is 0 Å². The highest BCUT2D eigenvalue weighted by Gasteiger charge is 2.15. The Morgan fingerprint density at radius 1 is 0.636 bits per heavy atom. The zero-order valence-electron chi connectivity index (χ0n) is 14.0. The standard InChI is InChI=1S/C22H26/c1-7-13-16-22-18(11-5)17(10-4)20(14-8-2)21(15-9-3)19(22)12-6/h8-16H,4-7H2,1-3H3/b14-8-,15-9-,16-13-. The Labute approximate surface area is 135 Å². The second kappa shape index (κ2) is 8.84. The van der Waals surface area contributed by atoms with Crippen molar-refractivity contribution in [2.24, 2.45) is 0 Å². The molecule has 0 N–H and O–H groups in total. The second-order valence-corrected chi connectivity index (χ2v) is 4.91. The maximum absolute atomic E-state index is 4.02. The molecule has 0 aromatic heterocycles. The number of hydrogen-bond acceptors (Lipinski definition) is 0. The van der Waals surface area contributed by atoms with E-state index in [9.17, 15) is 0 Å². The van der Waals surface area contributed by atoms with E-state index in [4.69, 9.17) is 0 Å². The molecule has 0 amide bonds. The summed E-state index contributed by atoms with van der Waals surface area (Å²) < 4.78 is 0. The van der Waals surface area contributed by atoms with Crippen LogP contribution in [0.1, 0.15) is 60.6 Å². The molecule has 0 heterocycles. The molecule has 1 rings (SSSR count). The van der Waals surface area contributed by atoms with E-state index in [1.807, 2.05) is 32.1 Å².